The molecule has 1 fully saturated rings. The van der Waals surface area contributed by atoms with E-state index >= 15 is 0 Å². The molecule has 134 valence electrons. The van der Waals surface area contributed by atoms with Crippen LogP contribution in [0.1, 0.15) is 36.3 Å². The maximum Gasteiger partial charge on any atom is 0.209 e. The standard InChI is InChI=1S/C19H17F2N3OS/c20-13-8-9-15(16(21)10-13)17(25)11-26-19-22-18(12-6-7-12)24(23-19)14-4-2-1-3-5-14/h1-5,8-10,12,17,25H,6-7,11H2. The predicted octanol–water partition coefficient (Wildman–Crippen LogP) is 4.25. The highest BCUT2D eigenvalue weighted by Gasteiger charge is 2.30. The van der Waals surface area contributed by atoms with Crippen LogP contribution < -0.4 is 0 Å². The molecule has 7 heteroatoms. The Morgan fingerprint density at radius 1 is 1.15 bits per heavy atom. The summed E-state index contributed by atoms with van der Waals surface area (Å²) in [7, 11) is 0. The monoisotopic (exact) mass is 373 g/mol. The fraction of sp³-hybridized carbons (Fsp3) is 0.263. The molecule has 0 bridgehead atoms. The fourth-order valence-electron chi connectivity index (χ4n) is 2.75. The first-order valence-corrected chi connectivity index (χ1v) is 9.38. The van der Waals surface area contributed by atoms with Crippen molar-refractivity contribution in [2.45, 2.75) is 30.0 Å². The van der Waals surface area contributed by atoms with Crippen molar-refractivity contribution in [3.63, 3.8) is 0 Å². The summed E-state index contributed by atoms with van der Waals surface area (Å²) in [5, 5.41) is 15.3. The van der Waals surface area contributed by atoms with E-state index in [4.69, 9.17) is 0 Å². The van der Waals surface area contributed by atoms with Crippen LogP contribution in [0.4, 0.5) is 8.78 Å². The van der Waals surface area contributed by atoms with E-state index in [0.29, 0.717) is 11.1 Å². The summed E-state index contributed by atoms with van der Waals surface area (Å²) in [6.45, 7) is 0. The van der Waals surface area contributed by atoms with Gasteiger partial charge in [-0.15, -0.1) is 5.10 Å². The van der Waals surface area contributed by atoms with Gasteiger partial charge in [0.15, 0.2) is 0 Å². The molecule has 0 radical (unpaired) electrons. The summed E-state index contributed by atoms with van der Waals surface area (Å²) < 4.78 is 28.6. The zero-order valence-corrected chi connectivity index (χ0v) is 14.7. The van der Waals surface area contributed by atoms with Crippen LogP contribution in [0, 0.1) is 11.6 Å². The zero-order valence-electron chi connectivity index (χ0n) is 13.8. The molecule has 4 rings (SSSR count). The molecule has 1 aliphatic carbocycles. The predicted molar refractivity (Wildman–Crippen MR) is 95.4 cm³/mol. The normalized spacial score (nSPS) is 15.2. The van der Waals surface area contributed by atoms with Crippen LogP contribution in [0.15, 0.2) is 53.7 Å². The Morgan fingerprint density at radius 3 is 2.62 bits per heavy atom. The van der Waals surface area contributed by atoms with Crippen molar-refractivity contribution in [1.82, 2.24) is 14.8 Å². The molecule has 0 amide bonds. The first-order chi connectivity index (χ1) is 12.6. The van der Waals surface area contributed by atoms with Gasteiger partial charge < -0.3 is 5.11 Å². The number of aliphatic hydroxyl groups excluding tert-OH is 1. The molecule has 26 heavy (non-hydrogen) atoms. The van der Waals surface area contributed by atoms with Crippen molar-refractivity contribution in [1.29, 1.82) is 0 Å². The molecule has 0 aliphatic heterocycles. The Labute approximate surface area is 153 Å². The summed E-state index contributed by atoms with van der Waals surface area (Å²) in [6.07, 6.45) is 1.13. The van der Waals surface area contributed by atoms with E-state index in [-0.39, 0.29) is 11.3 Å². The highest BCUT2D eigenvalue weighted by atomic mass is 32.2. The van der Waals surface area contributed by atoms with E-state index < -0.39 is 17.7 Å². The van der Waals surface area contributed by atoms with Crippen molar-refractivity contribution >= 4 is 11.8 Å². The van der Waals surface area contributed by atoms with E-state index in [9.17, 15) is 13.9 Å². The molecule has 4 nitrogen and oxygen atoms in total. The van der Waals surface area contributed by atoms with E-state index in [2.05, 4.69) is 10.1 Å². The van der Waals surface area contributed by atoms with Crippen molar-refractivity contribution in [3.8, 4) is 5.69 Å². The third-order valence-electron chi connectivity index (χ3n) is 4.25. The Bertz CT molecular complexity index is 912. The van der Waals surface area contributed by atoms with Crippen LogP contribution in [0.5, 0.6) is 0 Å². The summed E-state index contributed by atoms with van der Waals surface area (Å²) in [5.74, 6) is 0.103. The number of benzene rings is 2. The average molecular weight is 373 g/mol. The lowest BCUT2D eigenvalue weighted by Gasteiger charge is -2.10. The molecule has 0 spiro atoms. The number of nitrogens with zero attached hydrogens (tertiary/aromatic N) is 3. The Morgan fingerprint density at radius 2 is 1.92 bits per heavy atom. The molecule has 1 unspecified atom stereocenters. The van der Waals surface area contributed by atoms with Crippen molar-refractivity contribution < 1.29 is 13.9 Å². The number of aromatic nitrogens is 3. The van der Waals surface area contributed by atoms with Crippen molar-refractivity contribution in [3.05, 3.63) is 71.6 Å². The van der Waals surface area contributed by atoms with Gasteiger partial charge in [-0.3, -0.25) is 0 Å². The van der Waals surface area contributed by atoms with Crippen LogP contribution in [0.2, 0.25) is 0 Å². The molecule has 1 aromatic heterocycles. The average Bonchev–Trinajstić information content (AvgIpc) is 3.40. The second-order valence-electron chi connectivity index (χ2n) is 6.27. The molecular weight excluding hydrogens is 356 g/mol. The minimum Gasteiger partial charge on any atom is -0.387 e. The van der Waals surface area contributed by atoms with E-state index in [1.54, 1.807) is 0 Å². The lowest BCUT2D eigenvalue weighted by Crippen LogP contribution is -2.04. The van der Waals surface area contributed by atoms with Gasteiger partial charge in [-0.1, -0.05) is 36.0 Å². The molecular formula is C19H17F2N3OS. The van der Waals surface area contributed by atoms with E-state index in [0.717, 1.165) is 36.5 Å². The molecule has 1 N–H and O–H groups in total. The number of thioether (sulfide) groups is 1. The van der Waals surface area contributed by atoms with Gasteiger partial charge in [-0.2, -0.15) is 0 Å². The molecule has 1 heterocycles. The molecule has 0 saturated heterocycles. The Hall–Kier alpha value is -2.25. The lowest BCUT2D eigenvalue weighted by molar-refractivity contribution is 0.198. The largest absolute Gasteiger partial charge is 0.387 e. The quantitative estimate of drug-likeness (QED) is 0.657. The molecule has 1 aliphatic rings. The summed E-state index contributed by atoms with van der Waals surface area (Å²) in [4.78, 5) is 4.60. The maximum atomic E-state index is 13.8. The van der Waals surface area contributed by atoms with E-state index in [1.807, 2.05) is 35.0 Å². The second-order valence-corrected chi connectivity index (χ2v) is 7.25. The highest BCUT2D eigenvalue weighted by Crippen LogP contribution is 2.40. The maximum absolute atomic E-state index is 13.8. The number of rotatable bonds is 6. The smallest absolute Gasteiger partial charge is 0.209 e. The summed E-state index contributed by atoms with van der Waals surface area (Å²) >= 11 is 1.26. The molecule has 3 aromatic rings. The first kappa shape index (κ1) is 17.2. The minimum absolute atomic E-state index is 0.0730. The third-order valence-corrected chi connectivity index (χ3v) is 5.16. The van der Waals surface area contributed by atoms with Gasteiger partial charge >= 0.3 is 0 Å². The minimum atomic E-state index is -1.06. The van der Waals surface area contributed by atoms with Crippen LogP contribution in [0.25, 0.3) is 5.69 Å². The topological polar surface area (TPSA) is 50.9 Å². The molecule has 1 saturated carbocycles. The summed E-state index contributed by atoms with van der Waals surface area (Å²) in [6, 6.07) is 13.0. The molecule has 2 aromatic carbocycles. The number of para-hydroxylation sites is 1. The van der Waals surface area contributed by atoms with Crippen molar-refractivity contribution in [2.24, 2.45) is 0 Å². The van der Waals surface area contributed by atoms with Crippen LogP contribution >= 0.6 is 11.8 Å². The number of halogens is 2. The Balaban J connectivity index is 1.52. The fourth-order valence-corrected chi connectivity index (χ4v) is 3.53. The molecule has 1 atom stereocenters. The van der Waals surface area contributed by atoms with Crippen LogP contribution in [-0.4, -0.2) is 25.6 Å². The summed E-state index contributed by atoms with van der Waals surface area (Å²) in [5.41, 5.74) is 1.02. The van der Waals surface area contributed by atoms with E-state index in [1.165, 1.54) is 17.8 Å². The number of aliphatic hydroxyl groups is 1. The van der Waals surface area contributed by atoms with Gasteiger partial charge in [0.1, 0.15) is 17.5 Å². The lowest BCUT2D eigenvalue weighted by atomic mass is 10.1. The number of hydrogen-bond donors (Lipinski definition) is 1. The van der Waals surface area contributed by atoms with Gasteiger partial charge in [0, 0.05) is 23.3 Å². The zero-order chi connectivity index (χ0) is 18.1. The van der Waals surface area contributed by atoms with Gasteiger partial charge in [0.2, 0.25) is 5.16 Å². The van der Waals surface area contributed by atoms with Gasteiger partial charge in [-0.05, 0) is 31.0 Å². The first-order valence-electron chi connectivity index (χ1n) is 8.40. The SMILES string of the molecule is OC(CSc1nc(C2CC2)n(-c2ccccc2)n1)c1ccc(F)cc1F. The number of hydrogen-bond acceptors (Lipinski definition) is 4. The van der Waals surface area contributed by atoms with Gasteiger partial charge in [0.25, 0.3) is 0 Å². The van der Waals surface area contributed by atoms with Crippen LogP contribution in [-0.2, 0) is 0 Å². The van der Waals surface area contributed by atoms with Gasteiger partial charge in [0.05, 0.1) is 11.8 Å². The Kier molecular flexibility index (Phi) is 4.74. The third kappa shape index (κ3) is 3.64. The second kappa shape index (κ2) is 7.17. The van der Waals surface area contributed by atoms with Gasteiger partial charge in [-0.25, -0.2) is 18.4 Å². The highest BCUT2D eigenvalue weighted by molar-refractivity contribution is 7.99. The van der Waals surface area contributed by atoms with Crippen LogP contribution in [0.3, 0.4) is 0 Å². The van der Waals surface area contributed by atoms with Crippen molar-refractivity contribution in [2.75, 3.05) is 5.75 Å².